The van der Waals surface area contributed by atoms with E-state index in [1.165, 1.54) is 11.1 Å². The third-order valence-corrected chi connectivity index (χ3v) is 1.91. The van der Waals surface area contributed by atoms with Crippen LogP contribution in [0.25, 0.3) is 0 Å². The van der Waals surface area contributed by atoms with Gasteiger partial charge in [0.25, 0.3) is 0 Å². The van der Waals surface area contributed by atoms with Gasteiger partial charge >= 0.3 is 0 Å². The Labute approximate surface area is 90.4 Å². The second-order valence-electron chi connectivity index (χ2n) is 2.99. The van der Waals surface area contributed by atoms with Crippen LogP contribution >= 0.6 is 0 Å². The predicted octanol–water partition coefficient (Wildman–Crippen LogP) is -0.789. The van der Waals surface area contributed by atoms with Crippen molar-refractivity contribution < 1.29 is 5.21 Å². The maximum atomic E-state index is 8.54. The number of hydrogen-bond acceptors (Lipinski definition) is 6. The lowest BCUT2D eigenvalue weighted by Gasteiger charge is -2.02. The Hall–Kier alpha value is -2.51. The number of nitrogens with two attached hydrogens (primary N) is 1. The first-order valence-electron chi connectivity index (χ1n) is 4.43. The van der Waals surface area contributed by atoms with Gasteiger partial charge in [-0.15, -0.1) is 10.2 Å². The van der Waals surface area contributed by atoms with Gasteiger partial charge in [0.05, 0.1) is 5.69 Å². The first kappa shape index (κ1) is 10.0. The van der Waals surface area contributed by atoms with Crippen LogP contribution in [0.4, 0.5) is 0 Å². The summed E-state index contributed by atoms with van der Waals surface area (Å²) in [5.41, 5.74) is 6.75. The van der Waals surface area contributed by atoms with Crippen LogP contribution in [0.2, 0.25) is 0 Å². The number of aromatic nitrogens is 5. The lowest BCUT2D eigenvalue weighted by Crippen LogP contribution is -2.14. The van der Waals surface area contributed by atoms with Crippen LogP contribution in [0.3, 0.4) is 0 Å². The van der Waals surface area contributed by atoms with E-state index in [1.807, 2.05) is 0 Å². The highest BCUT2D eigenvalue weighted by Crippen LogP contribution is 2.02. The molecule has 0 aliphatic carbocycles. The summed E-state index contributed by atoms with van der Waals surface area (Å²) in [6.45, 7) is 0.381. The lowest BCUT2D eigenvalue weighted by atomic mass is 10.2. The van der Waals surface area contributed by atoms with Crippen molar-refractivity contribution in [3.63, 3.8) is 0 Å². The minimum atomic E-state index is 0.0372. The van der Waals surface area contributed by atoms with Crippen LogP contribution < -0.4 is 5.73 Å². The van der Waals surface area contributed by atoms with E-state index in [0.29, 0.717) is 17.8 Å². The number of pyridine rings is 1. The molecule has 2 aromatic heterocycles. The Morgan fingerprint density at radius 2 is 2.44 bits per heavy atom. The molecule has 0 fully saturated rings. The van der Waals surface area contributed by atoms with Gasteiger partial charge in [0.1, 0.15) is 6.54 Å². The van der Waals surface area contributed by atoms with Crippen LogP contribution in [-0.2, 0) is 6.54 Å². The van der Waals surface area contributed by atoms with Gasteiger partial charge in [-0.25, -0.2) is 0 Å². The number of tetrazole rings is 1. The van der Waals surface area contributed by atoms with E-state index < -0.39 is 0 Å². The smallest absolute Gasteiger partial charge is 0.170 e. The number of amidine groups is 1. The monoisotopic (exact) mass is 219 g/mol. The zero-order chi connectivity index (χ0) is 11.4. The molecule has 0 saturated heterocycles. The summed E-state index contributed by atoms with van der Waals surface area (Å²) in [7, 11) is 0. The largest absolute Gasteiger partial charge is 0.409 e. The van der Waals surface area contributed by atoms with E-state index in [0.717, 1.165) is 0 Å². The van der Waals surface area contributed by atoms with Crippen LogP contribution in [0.5, 0.6) is 0 Å². The maximum Gasteiger partial charge on any atom is 0.170 e. The first-order chi connectivity index (χ1) is 7.79. The van der Waals surface area contributed by atoms with E-state index in [-0.39, 0.29) is 5.84 Å². The minimum absolute atomic E-state index is 0.0372. The number of nitrogens with zero attached hydrogens (tertiary/aromatic N) is 6. The summed E-state index contributed by atoms with van der Waals surface area (Å²) < 4.78 is 0. The molecule has 2 heterocycles. The van der Waals surface area contributed by atoms with Crippen molar-refractivity contribution in [2.24, 2.45) is 10.9 Å². The molecule has 2 aromatic rings. The minimum Gasteiger partial charge on any atom is -0.409 e. The molecular weight excluding hydrogens is 210 g/mol. The molecule has 16 heavy (non-hydrogen) atoms. The molecule has 0 spiro atoms. The summed E-state index contributed by atoms with van der Waals surface area (Å²) in [5.74, 6) is 0.0372. The van der Waals surface area contributed by atoms with Crippen molar-refractivity contribution in [2.75, 3.05) is 0 Å². The Morgan fingerprint density at radius 3 is 3.12 bits per heavy atom. The van der Waals surface area contributed by atoms with Crippen molar-refractivity contribution in [2.45, 2.75) is 6.54 Å². The topological polar surface area (TPSA) is 115 Å². The third-order valence-electron chi connectivity index (χ3n) is 1.91. The zero-order valence-corrected chi connectivity index (χ0v) is 8.22. The Kier molecular flexibility index (Phi) is 2.72. The molecule has 0 aromatic carbocycles. The van der Waals surface area contributed by atoms with Crippen molar-refractivity contribution in [3.05, 3.63) is 35.9 Å². The molecule has 0 aliphatic heterocycles. The van der Waals surface area contributed by atoms with Gasteiger partial charge in [-0.1, -0.05) is 5.16 Å². The zero-order valence-electron chi connectivity index (χ0n) is 8.22. The fraction of sp³-hybridized carbons (Fsp3) is 0.125. The van der Waals surface area contributed by atoms with Crippen molar-refractivity contribution in [1.82, 2.24) is 25.2 Å². The summed E-state index contributed by atoms with van der Waals surface area (Å²) in [6.07, 6.45) is 2.91. The molecule has 82 valence electrons. The SMILES string of the molecule is NC(=NO)c1ccnc(Cn2ncnn2)c1. The molecule has 2 rings (SSSR count). The molecule has 0 aliphatic rings. The van der Waals surface area contributed by atoms with Gasteiger partial charge in [-0.2, -0.15) is 4.80 Å². The molecule has 0 atom stereocenters. The van der Waals surface area contributed by atoms with E-state index in [4.69, 9.17) is 10.9 Å². The van der Waals surface area contributed by atoms with E-state index >= 15 is 0 Å². The molecule has 0 radical (unpaired) electrons. The van der Waals surface area contributed by atoms with Gasteiger partial charge in [-0.3, -0.25) is 4.98 Å². The summed E-state index contributed by atoms with van der Waals surface area (Å²) in [6, 6.07) is 3.34. The number of rotatable bonds is 3. The fourth-order valence-corrected chi connectivity index (χ4v) is 1.19. The summed E-state index contributed by atoms with van der Waals surface area (Å²) >= 11 is 0. The van der Waals surface area contributed by atoms with Crippen LogP contribution in [0.1, 0.15) is 11.3 Å². The number of oxime groups is 1. The average molecular weight is 219 g/mol. The lowest BCUT2D eigenvalue weighted by molar-refractivity contribution is 0.318. The van der Waals surface area contributed by atoms with E-state index in [1.54, 1.807) is 18.3 Å². The molecule has 0 bridgehead atoms. The molecule has 0 saturated carbocycles. The summed E-state index contributed by atoms with van der Waals surface area (Å²) in [5, 5.41) is 22.6. The standard InChI is InChI=1S/C8H9N7O/c9-8(13-16)6-1-2-10-7(3-6)4-15-12-5-11-14-15/h1-3,5,16H,4H2,(H2,9,13). The van der Waals surface area contributed by atoms with E-state index in [2.05, 4.69) is 25.6 Å². The predicted molar refractivity (Wildman–Crippen MR) is 53.7 cm³/mol. The second kappa shape index (κ2) is 4.34. The highest BCUT2D eigenvalue weighted by atomic mass is 16.4. The molecule has 0 amide bonds. The van der Waals surface area contributed by atoms with Gasteiger partial charge in [0.2, 0.25) is 0 Å². The van der Waals surface area contributed by atoms with Gasteiger partial charge < -0.3 is 10.9 Å². The first-order valence-corrected chi connectivity index (χ1v) is 4.43. The second-order valence-corrected chi connectivity index (χ2v) is 2.99. The molecule has 3 N–H and O–H groups in total. The Morgan fingerprint density at radius 1 is 1.56 bits per heavy atom. The molecule has 8 nitrogen and oxygen atoms in total. The van der Waals surface area contributed by atoms with Crippen LogP contribution in [0, 0.1) is 0 Å². The van der Waals surface area contributed by atoms with Crippen LogP contribution in [-0.4, -0.2) is 36.2 Å². The van der Waals surface area contributed by atoms with Crippen molar-refractivity contribution >= 4 is 5.84 Å². The summed E-state index contributed by atoms with van der Waals surface area (Å²) in [4.78, 5) is 5.50. The average Bonchev–Trinajstić information content (AvgIpc) is 2.81. The maximum absolute atomic E-state index is 8.54. The highest BCUT2D eigenvalue weighted by Gasteiger charge is 2.03. The Balaban J connectivity index is 2.23. The molecular formula is C8H9N7O. The Bertz CT molecular complexity index is 493. The highest BCUT2D eigenvalue weighted by molar-refractivity contribution is 5.96. The normalized spacial score (nSPS) is 11.6. The van der Waals surface area contributed by atoms with Gasteiger partial charge in [-0.05, 0) is 17.3 Å². The quantitative estimate of drug-likeness (QED) is 0.302. The fourth-order valence-electron chi connectivity index (χ4n) is 1.19. The third kappa shape index (κ3) is 2.11. The van der Waals surface area contributed by atoms with Gasteiger partial charge in [0.15, 0.2) is 12.2 Å². The van der Waals surface area contributed by atoms with Crippen molar-refractivity contribution in [3.8, 4) is 0 Å². The molecule has 0 unspecified atom stereocenters. The van der Waals surface area contributed by atoms with E-state index in [9.17, 15) is 0 Å². The van der Waals surface area contributed by atoms with Gasteiger partial charge in [0, 0.05) is 11.8 Å². The number of hydrogen-bond donors (Lipinski definition) is 2. The van der Waals surface area contributed by atoms with Crippen molar-refractivity contribution in [1.29, 1.82) is 0 Å². The van der Waals surface area contributed by atoms with Crippen LogP contribution in [0.15, 0.2) is 29.8 Å². The molecule has 8 heteroatoms.